The summed E-state index contributed by atoms with van der Waals surface area (Å²) in [6.07, 6.45) is 7.00. The molecule has 0 amide bonds. The third-order valence-corrected chi connectivity index (χ3v) is 6.71. The van der Waals surface area contributed by atoms with Gasteiger partial charge >= 0.3 is 0 Å². The molecule has 0 N–H and O–H groups in total. The van der Waals surface area contributed by atoms with Gasteiger partial charge in [-0.15, -0.1) is 0 Å². The first-order chi connectivity index (χ1) is 7.35. The predicted octanol–water partition coefficient (Wildman–Crippen LogP) is 4.51. The molecular weight excluding hydrogens is 199 g/mol. The van der Waals surface area contributed by atoms with Crippen LogP contribution in [0.4, 0.5) is 0 Å². The molecule has 0 unspecified atom stereocenters. The van der Waals surface area contributed by atoms with Crippen LogP contribution < -0.4 is 0 Å². The van der Waals surface area contributed by atoms with Crippen LogP contribution in [-0.2, 0) is 4.74 Å². The fourth-order valence-electron chi connectivity index (χ4n) is 2.04. The minimum atomic E-state index is -0.392. The second-order valence-corrected chi connectivity index (χ2v) is 7.95. The van der Waals surface area contributed by atoms with Crippen molar-refractivity contribution in [2.75, 3.05) is 13.2 Å². The maximum Gasteiger partial charge on any atom is 0.261 e. The van der Waals surface area contributed by atoms with Gasteiger partial charge in [0.05, 0.1) is 0 Å². The van der Waals surface area contributed by atoms with Gasteiger partial charge in [-0.1, -0.05) is 55.4 Å². The summed E-state index contributed by atoms with van der Waals surface area (Å²) >= 11 is -0.392. The molecule has 90 valence electrons. The zero-order valence-corrected chi connectivity index (χ0v) is 12.2. The Balaban J connectivity index is 3.49. The SMILES string of the molecule is CCC[CH2][Al]([CH2]CCC)[CH2]CCOCC. The summed E-state index contributed by atoms with van der Waals surface area (Å²) in [5.41, 5.74) is 0. The fraction of sp³-hybridized carbons (Fsp3) is 1.00. The highest BCUT2D eigenvalue weighted by molar-refractivity contribution is 6.58. The molecule has 0 rings (SSSR count). The molecule has 0 heterocycles. The van der Waals surface area contributed by atoms with Crippen molar-refractivity contribution >= 4 is 14.1 Å². The van der Waals surface area contributed by atoms with Crippen LogP contribution >= 0.6 is 0 Å². The first-order valence-electron chi connectivity index (χ1n) is 6.92. The minimum Gasteiger partial charge on any atom is -0.382 e. The van der Waals surface area contributed by atoms with Gasteiger partial charge in [0.25, 0.3) is 14.1 Å². The number of rotatable bonds is 11. The highest BCUT2D eigenvalue weighted by Crippen LogP contribution is 2.15. The number of unbranched alkanes of at least 4 members (excludes halogenated alkanes) is 2. The molecule has 0 aromatic carbocycles. The topological polar surface area (TPSA) is 9.23 Å². The molecular formula is C13H29AlO. The lowest BCUT2D eigenvalue weighted by molar-refractivity contribution is 0.148. The molecule has 0 radical (unpaired) electrons. The van der Waals surface area contributed by atoms with Crippen molar-refractivity contribution < 1.29 is 4.74 Å². The summed E-state index contributed by atoms with van der Waals surface area (Å²) in [7, 11) is 0. The monoisotopic (exact) mass is 228 g/mol. The minimum absolute atomic E-state index is 0.392. The Kier molecular flexibility index (Phi) is 13.0. The maximum atomic E-state index is 5.42. The van der Waals surface area contributed by atoms with E-state index in [4.69, 9.17) is 4.74 Å². The highest BCUT2D eigenvalue weighted by Gasteiger charge is 2.14. The summed E-state index contributed by atoms with van der Waals surface area (Å²) in [4.78, 5) is 0. The highest BCUT2D eigenvalue weighted by atomic mass is 27.2. The summed E-state index contributed by atoms with van der Waals surface area (Å²) in [5, 5.41) is 4.66. The van der Waals surface area contributed by atoms with Gasteiger partial charge < -0.3 is 4.74 Å². The summed E-state index contributed by atoms with van der Waals surface area (Å²) in [5.74, 6) is 0. The Labute approximate surface area is 101 Å². The molecule has 2 heteroatoms. The zero-order valence-electron chi connectivity index (χ0n) is 11.1. The second kappa shape index (κ2) is 12.6. The molecule has 0 spiro atoms. The molecule has 0 aromatic rings. The van der Waals surface area contributed by atoms with Gasteiger partial charge in [0.15, 0.2) is 0 Å². The van der Waals surface area contributed by atoms with E-state index in [1.54, 1.807) is 10.6 Å². The standard InChI is InChI=1S/C5H11O.2C4H9.Al/c1-3-5-6-4-2;2*1-3-4-2;/h1,3-5H2,2H3;2*1,3-4H2,2H3;. The fourth-order valence-corrected chi connectivity index (χ4v) is 5.62. The smallest absolute Gasteiger partial charge is 0.261 e. The molecule has 0 aliphatic carbocycles. The van der Waals surface area contributed by atoms with Crippen molar-refractivity contribution in [3.8, 4) is 0 Å². The summed E-state index contributed by atoms with van der Waals surface area (Å²) < 4.78 is 5.42. The predicted molar refractivity (Wildman–Crippen MR) is 71.1 cm³/mol. The quantitative estimate of drug-likeness (QED) is 0.373. The lowest BCUT2D eigenvalue weighted by atomic mass is 10.4. The Hall–Kier alpha value is 0.492. The van der Waals surface area contributed by atoms with Gasteiger partial charge in [-0.05, 0) is 13.3 Å². The Morgan fingerprint density at radius 3 is 1.80 bits per heavy atom. The summed E-state index contributed by atoms with van der Waals surface area (Å²) in [6.45, 7) is 8.59. The van der Waals surface area contributed by atoms with Gasteiger partial charge in [0.1, 0.15) is 0 Å². The number of hydrogen-bond donors (Lipinski definition) is 0. The van der Waals surface area contributed by atoms with Gasteiger partial charge in [-0.3, -0.25) is 0 Å². The Bertz CT molecular complexity index is 109. The van der Waals surface area contributed by atoms with Crippen LogP contribution in [0.5, 0.6) is 0 Å². The zero-order chi connectivity index (χ0) is 11.4. The number of ether oxygens (including phenoxy) is 1. The largest absolute Gasteiger partial charge is 0.382 e. The van der Waals surface area contributed by atoms with Crippen LogP contribution in [0.2, 0.25) is 15.8 Å². The Morgan fingerprint density at radius 2 is 1.33 bits per heavy atom. The first kappa shape index (κ1) is 15.5. The van der Waals surface area contributed by atoms with E-state index in [1.807, 2.05) is 0 Å². The van der Waals surface area contributed by atoms with Crippen LogP contribution in [0.3, 0.4) is 0 Å². The van der Waals surface area contributed by atoms with Crippen LogP contribution in [0.15, 0.2) is 0 Å². The summed E-state index contributed by atoms with van der Waals surface area (Å²) in [6, 6.07) is 0. The van der Waals surface area contributed by atoms with Crippen LogP contribution in [0.25, 0.3) is 0 Å². The van der Waals surface area contributed by atoms with E-state index in [-0.39, 0.29) is 0 Å². The van der Waals surface area contributed by atoms with E-state index in [9.17, 15) is 0 Å². The van der Waals surface area contributed by atoms with Crippen molar-refractivity contribution in [2.45, 2.75) is 68.7 Å². The third-order valence-electron chi connectivity index (χ3n) is 3.04. The van der Waals surface area contributed by atoms with Gasteiger partial charge in [0, 0.05) is 13.2 Å². The van der Waals surface area contributed by atoms with Crippen LogP contribution in [-0.4, -0.2) is 27.4 Å². The molecule has 0 fully saturated rings. The molecule has 0 aromatic heterocycles. The van der Waals surface area contributed by atoms with E-state index >= 15 is 0 Å². The van der Waals surface area contributed by atoms with E-state index in [1.165, 1.54) is 37.4 Å². The van der Waals surface area contributed by atoms with Crippen molar-refractivity contribution in [1.82, 2.24) is 0 Å². The second-order valence-electron chi connectivity index (χ2n) is 4.49. The van der Waals surface area contributed by atoms with Crippen molar-refractivity contribution in [2.24, 2.45) is 0 Å². The van der Waals surface area contributed by atoms with Crippen LogP contribution in [0, 0.1) is 0 Å². The molecule has 0 saturated carbocycles. The normalized spacial score (nSPS) is 10.6. The lowest BCUT2D eigenvalue weighted by Crippen LogP contribution is -2.12. The van der Waals surface area contributed by atoms with Crippen LogP contribution in [0.1, 0.15) is 52.9 Å². The molecule has 0 saturated heterocycles. The average molecular weight is 228 g/mol. The van der Waals surface area contributed by atoms with Gasteiger partial charge in [-0.25, -0.2) is 0 Å². The molecule has 0 bridgehead atoms. The lowest BCUT2D eigenvalue weighted by Gasteiger charge is -2.10. The molecule has 15 heavy (non-hydrogen) atoms. The van der Waals surface area contributed by atoms with Gasteiger partial charge in [-0.2, -0.15) is 0 Å². The van der Waals surface area contributed by atoms with Crippen molar-refractivity contribution in [3.05, 3.63) is 0 Å². The van der Waals surface area contributed by atoms with E-state index in [0.717, 1.165) is 13.2 Å². The number of hydrogen-bond acceptors (Lipinski definition) is 1. The molecule has 0 atom stereocenters. The molecule has 1 nitrogen and oxygen atoms in total. The molecule has 0 aliphatic heterocycles. The van der Waals surface area contributed by atoms with E-state index in [2.05, 4.69) is 20.8 Å². The van der Waals surface area contributed by atoms with Crippen molar-refractivity contribution in [1.29, 1.82) is 0 Å². The Morgan fingerprint density at radius 1 is 0.800 bits per heavy atom. The average Bonchev–Trinajstić information content (AvgIpc) is 2.27. The third kappa shape index (κ3) is 10.8. The van der Waals surface area contributed by atoms with Gasteiger partial charge in [0.2, 0.25) is 0 Å². The maximum absolute atomic E-state index is 5.42. The molecule has 0 aliphatic rings. The van der Waals surface area contributed by atoms with E-state index in [0.29, 0.717) is 0 Å². The van der Waals surface area contributed by atoms with E-state index < -0.39 is 14.1 Å². The first-order valence-corrected chi connectivity index (χ1v) is 9.37. The van der Waals surface area contributed by atoms with Crippen molar-refractivity contribution in [3.63, 3.8) is 0 Å².